The van der Waals surface area contributed by atoms with E-state index in [1.165, 1.54) is 0 Å². The van der Waals surface area contributed by atoms with Gasteiger partial charge in [-0.2, -0.15) is 0 Å². The summed E-state index contributed by atoms with van der Waals surface area (Å²) in [6.45, 7) is 0. The van der Waals surface area contributed by atoms with Crippen LogP contribution in [0, 0.1) is 0 Å². The van der Waals surface area contributed by atoms with Crippen molar-refractivity contribution >= 4 is 53.1 Å². The van der Waals surface area contributed by atoms with E-state index >= 15 is 0 Å². The summed E-state index contributed by atoms with van der Waals surface area (Å²) in [5.74, 6) is 1.74. The maximum atomic E-state index is 5.58. The van der Waals surface area contributed by atoms with E-state index in [1.807, 2.05) is 60.7 Å². The minimum atomic E-state index is 0. The van der Waals surface area contributed by atoms with Crippen molar-refractivity contribution in [2.24, 2.45) is 0 Å². The summed E-state index contributed by atoms with van der Waals surface area (Å²) in [5, 5.41) is 0. The molecule has 0 aliphatic carbocycles. The SMILES string of the molecule is [PoH2].[PoH2].c1ccc(Oc2ccccc2)cc1. The normalized spacial score (nSPS) is 8.27. The van der Waals surface area contributed by atoms with Crippen molar-refractivity contribution in [2.75, 3.05) is 0 Å². The van der Waals surface area contributed by atoms with Gasteiger partial charge in [-0.05, 0) is 24.3 Å². The van der Waals surface area contributed by atoms with Crippen LogP contribution >= 0.6 is 0 Å². The largest absolute Gasteiger partial charge is 0.457 e. The van der Waals surface area contributed by atoms with Gasteiger partial charge in [-0.1, -0.05) is 36.4 Å². The van der Waals surface area contributed by atoms with Gasteiger partial charge in [0.1, 0.15) is 11.5 Å². The molecule has 0 radical (unpaired) electrons. The fraction of sp³-hybridized carbons (Fsp3) is 0. The number of rotatable bonds is 2. The van der Waals surface area contributed by atoms with Crippen LogP contribution in [0.25, 0.3) is 0 Å². The first-order valence-electron chi connectivity index (χ1n) is 4.23. The molecule has 1 nitrogen and oxygen atoms in total. The van der Waals surface area contributed by atoms with Gasteiger partial charge >= 0.3 is 53.1 Å². The topological polar surface area (TPSA) is 9.23 Å². The van der Waals surface area contributed by atoms with Gasteiger partial charge in [0.25, 0.3) is 0 Å². The van der Waals surface area contributed by atoms with Gasteiger partial charge in [-0.3, -0.25) is 0 Å². The molecule has 0 bridgehead atoms. The third-order valence-corrected chi connectivity index (χ3v) is 1.72. The van der Waals surface area contributed by atoms with Gasteiger partial charge in [0.15, 0.2) is 0 Å². The summed E-state index contributed by atoms with van der Waals surface area (Å²) >= 11 is 0. The Morgan fingerprint density at radius 1 is 0.533 bits per heavy atom. The maximum absolute atomic E-state index is 5.58. The molecule has 0 atom stereocenters. The first-order chi connectivity index (χ1) is 6.45. The summed E-state index contributed by atoms with van der Waals surface area (Å²) in [6, 6.07) is 19.5. The van der Waals surface area contributed by atoms with Gasteiger partial charge in [-0.15, -0.1) is 0 Å². The predicted molar refractivity (Wildman–Crippen MR) is 70.0 cm³/mol. The van der Waals surface area contributed by atoms with Gasteiger partial charge in [0, 0.05) is 0 Å². The van der Waals surface area contributed by atoms with Crippen LogP contribution in [0.15, 0.2) is 60.7 Å². The molecule has 2 aromatic rings. The van der Waals surface area contributed by atoms with Crippen molar-refractivity contribution in [3.05, 3.63) is 60.7 Å². The molecule has 80 valence electrons. The molecule has 0 fully saturated rings. The first-order valence-corrected chi connectivity index (χ1v) is 4.23. The van der Waals surface area contributed by atoms with E-state index in [9.17, 15) is 0 Å². The third-order valence-electron chi connectivity index (χ3n) is 1.72. The summed E-state index contributed by atoms with van der Waals surface area (Å²) in [5.41, 5.74) is 0. The molecule has 0 heterocycles. The monoisotopic (exact) mass is 592 g/mol. The Hall–Kier alpha value is 0.0322. The van der Waals surface area contributed by atoms with Gasteiger partial charge < -0.3 is 4.74 Å². The molecule has 0 N–H and O–H groups in total. The number of para-hydroxylation sites is 2. The molecule has 0 aliphatic heterocycles. The fourth-order valence-electron chi connectivity index (χ4n) is 1.11. The smallest absolute Gasteiger partial charge is 0.127 e. The molecular formula is C12H14OPo2. The van der Waals surface area contributed by atoms with Crippen molar-refractivity contribution in [2.45, 2.75) is 0 Å². The zero-order valence-electron chi connectivity index (χ0n) is 8.18. The molecular weight excluding hydrogens is 578 g/mol. The quantitative estimate of drug-likeness (QED) is 0.516. The average molecular weight is 592 g/mol. The van der Waals surface area contributed by atoms with Crippen molar-refractivity contribution in [1.29, 1.82) is 0 Å². The molecule has 15 heavy (non-hydrogen) atoms. The van der Waals surface area contributed by atoms with Gasteiger partial charge in [0.05, 0.1) is 0 Å². The van der Waals surface area contributed by atoms with Crippen LogP contribution in [0.3, 0.4) is 0 Å². The number of hydrogen-bond donors (Lipinski definition) is 0. The molecule has 0 aliphatic rings. The zero-order valence-corrected chi connectivity index (χ0v) is 16.0. The number of benzene rings is 2. The first kappa shape index (κ1) is 15.0. The summed E-state index contributed by atoms with van der Waals surface area (Å²) < 4.78 is 5.58. The van der Waals surface area contributed by atoms with Crippen LogP contribution in [0.5, 0.6) is 11.5 Å². The van der Waals surface area contributed by atoms with E-state index in [1.54, 1.807) is 0 Å². The fourth-order valence-corrected chi connectivity index (χ4v) is 1.11. The minimum absolute atomic E-state index is 0. The molecule has 0 unspecified atom stereocenters. The second kappa shape index (κ2) is 8.22. The van der Waals surface area contributed by atoms with Crippen molar-refractivity contribution in [3.63, 3.8) is 0 Å². The number of ether oxygens (including phenoxy) is 1. The minimum Gasteiger partial charge on any atom is -0.457 e. The molecule has 0 amide bonds. The van der Waals surface area contributed by atoms with Crippen LogP contribution in [0.4, 0.5) is 0 Å². The second-order valence-corrected chi connectivity index (χ2v) is 2.73. The summed E-state index contributed by atoms with van der Waals surface area (Å²) in [4.78, 5) is 0. The van der Waals surface area contributed by atoms with Crippen molar-refractivity contribution in [1.82, 2.24) is 0 Å². The Morgan fingerprint density at radius 2 is 0.867 bits per heavy atom. The van der Waals surface area contributed by atoms with E-state index in [0.717, 1.165) is 11.5 Å². The number of hydrogen-bond acceptors (Lipinski definition) is 1. The van der Waals surface area contributed by atoms with E-state index in [0.29, 0.717) is 0 Å². The zero-order chi connectivity index (χ0) is 8.93. The van der Waals surface area contributed by atoms with Crippen LogP contribution in [-0.2, 0) is 0 Å². The standard InChI is InChI=1S/C12H10O.2Po.4H/c1-3-7-11(8-4-1)13-12-9-5-2-6-10-12;;;;;;/h1-10H;;;;;;. The average Bonchev–Trinajstić information content (AvgIpc) is 2.21. The van der Waals surface area contributed by atoms with E-state index < -0.39 is 0 Å². The van der Waals surface area contributed by atoms with Crippen LogP contribution < -0.4 is 4.74 Å². The van der Waals surface area contributed by atoms with Gasteiger partial charge in [-0.25, -0.2) is 0 Å². The summed E-state index contributed by atoms with van der Waals surface area (Å²) in [6.07, 6.45) is 0. The maximum Gasteiger partial charge on any atom is 0.127 e. The Labute approximate surface area is 129 Å². The molecule has 2 aromatic carbocycles. The Bertz CT molecular complexity index is 324. The molecule has 0 saturated carbocycles. The van der Waals surface area contributed by atoms with Gasteiger partial charge in [0.2, 0.25) is 0 Å². The van der Waals surface area contributed by atoms with E-state index in [-0.39, 0.29) is 53.1 Å². The van der Waals surface area contributed by atoms with Crippen LogP contribution in [-0.4, -0.2) is 53.1 Å². The molecule has 2 rings (SSSR count). The summed E-state index contributed by atoms with van der Waals surface area (Å²) in [7, 11) is 0. The molecule has 0 saturated heterocycles. The Morgan fingerprint density at radius 3 is 1.20 bits per heavy atom. The van der Waals surface area contributed by atoms with Crippen molar-refractivity contribution in [3.8, 4) is 11.5 Å². The molecule has 3 heteroatoms. The Kier molecular flexibility index (Phi) is 8.23. The van der Waals surface area contributed by atoms with Crippen LogP contribution in [0.1, 0.15) is 0 Å². The molecule has 0 aromatic heterocycles. The van der Waals surface area contributed by atoms with Crippen LogP contribution in [0.2, 0.25) is 0 Å². The predicted octanol–water partition coefficient (Wildman–Crippen LogP) is 1.65. The second-order valence-electron chi connectivity index (χ2n) is 2.73. The van der Waals surface area contributed by atoms with Crippen molar-refractivity contribution < 1.29 is 4.74 Å². The molecule has 0 spiro atoms. The van der Waals surface area contributed by atoms with E-state index in [2.05, 4.69) is 0 Å². The third kappa shape index (κ3) is 5.06. The Balaban J connectivity index is 0.000000980. The van der Waals surface area contributed by atoms with E-state index in [4.69, 9.17) is 4.74 Å².